The molecule has 23 heavy (non-hydrogen) atoms. The number of nitrogens with zero attached hydrogens (tertiary/aromatic N) is 1. The van der Waals surface area contributed by atoms with E-state index in [-0.39, 0.29) is 19.1 Å². The predicted molar refractivity (Wildman–Crippen MR) is 85.2 cm³/mol. The predicted octanol–water partition coefficient (Wildman–Crippen LogP) is 0.746. The van der Waals surface area contributed by atoms with Crippen LogP contribution in [0.25, 0.3) is 0 Å². The van der Waals surface area contributed by atoms with Crippen LogP contribution in [0.2, 0.25) is 0 Å². The molecular weight excluding hydrogens is 298 g/mol. The van der Waals surface area contributed by atoms with Crippen LogP contribution in [-0.4, -0.2) is 50.3 Å². The number of nitrogens with two attached hydrogens (primary N) is 1. The Hall–Kier alpha value is -2.12. The van der Waals surface area contributed by atoms with Crippen molar-refractivity contribution < 1.29 is 19.1 Å². The quantitative estimate of drug-likeness (QED) is 0.571. The second kappa shape index (κ2) is 6.97. The minimum absolute atomic E-state index is 0.204. The highest BCUT2D eigenvalue weighted by molar-refractivity contribution is 6.07. The lowest BCUT2D eigenvalue weighted by Crippen LogP contribution is -2.41. The lowest BCUT2D eigenvalue weighted by atomic mass is 9.90. The molecule has 0 aliphatic carbocycles. The van der Waals surface area contributed by atoms with Crippen molar-refractivity contribution in [2.75, 3.05) is 33.4 Å². The molecule has 7 heteroatoms. The van der Waals surface area contributed by atoms with E-state index in [4.69, 9.17) is 15.2 Å². The van der Waals surface area contributed by atoms with Crippen molar-refractivity contribution in [2.24, 2.45) is 5.73 Å². The number of aryl methyl sites for hydroxylation is 1. The van der Waals surface area contributed by atoms with Gasteiger partial charge in [0.25, 0.3) is 5.91 Å². The third-order valence-electron chi connectivity index (χ3n) is 3.97. The van der Waals surface area contributed by atoms with Gasteiger partial charge in [-0.25, -0.2) is 4.79 Å². The molecule has 1 atom stereocenters. The molecule has 1 aliphatic heterocycles. The van der Waals surface area contributed by atoms with Crippen LogP contribution >= 0.6 is 0 Å². The second-order valence-corrected chi connectivity index (χ2v) is 5.60. The average molecular weight is 321 g/mol. The number of methoxy groups -OCH3 is 1. The third kappa shape index (κ3) is 3.30. The van der Waals surface area contributed by atoms with Gasteiger partial charge >= 0.3 is 6.03 Å². The van der Waals surface area contributed by atoms with E-state index < -0.39 is 11.6 Å². The van der Waals surface area contributed by atoms with E-state index in [0.717, 1.165) is 16.9 Å². The van der Waals surface area contributed by atoms with Crippen LogP contribution in [-0.2, 0) is 15.1 Å². The van der Waals surface area contributed by atoms with Crippen molar-refractivity contribution in [3.05, 3.63) is 29.3 Å². The SMILES string of the molecule is COc1ccc(C2(C)NC(=O)N(CCOCCN)C2=O)cc1C. The molecule has 1 aromatic carbocycles. The number of amides is 3. The van der Waals surface area contributed by atoms with Gasteiger partial charge in [-0.05, 0) is 37.1 Å². The Morgan fingerprint density at radius 1 is 1.30 bits per heavy atom. The van der Waals surface area contributed by atoms with E-state index >= 15 is 0 Å². The zero-order valence-corrected chi connectivity index (χ0v) is 13.7. The first-order valence-electron chi connectivity index (χ1n) is 7.51. The van der Waals surface area contributed by atoms with Crippen LogP contribution in [0.5, 0.6) is 5.75 Å². The number of ether oxygens (including phenoxy) is 2. The van der Waals surface area contributed by atoms with Crippen molar-refractivity contribution in [1.29, 1.82) is 0 Å². The highest BCUT2D eigenvalue weighted by atomic mass is 16.5. The Balaban J connectivity index is 2.17. The fourth-order valence-corrected chi connectivity index (χ4v) is 2.63. The maximum atomic E-state index is 12.7. The largest absolute Gasteiger partial charge is 0.496 e. The molecule has 1 heterocycles. The van der Waals surface area contributed by atoms with Gasteiger partial charge in [-0.1, -0.05) is 6.07 Å². The summed E-state index contributed by atoms with van der Waals surface area (Å²) >= 11 is 0. The van der Waals surface area contributed by atoms with Crippen molar-refractivity contribution in [1.82, 2.24) is 10.2 Å². The summed E-state index contributed by atoms with van der Waals surface area (Å²) in [6, 6.07) is 5.02. The van der Waals surface area contributed by atoms with E-state index in [1.807, 2.05) is 13.0 Å². The summed E-state index contributed by atoms with van der Waals surface area (Å²) in [5, 5.41) is 2.77. The van der Waals surface area contributed by atoms with E-state index in [2.05, 4.69) is 5.32 Å². The van der Waals surface area contributed by atoms with Crippen LogP contribution in [0.3, 0.4) is 0 Å². The molecule has 0 saturated carbocycles. The Morgan fingerprint density at radius 2 is 2.04 bits per heavy atom. The van der Waals surface area contributed by atoms with Gasteiger partial charge in [0.15, 0.2) is 0 Å². The van der Waals surface area contributed by atoms with Crippen molar-refractivity contribution >= 4 is 11.9 Å². The van der Waals surface area contributed by atoms with Gasteiger partial charge in [-0.15, -0.1) is 0 Å². The summed E-state index contributed by atoms with van der Waals surface area (Å²) in [5.74, 6) is 0.449. The molecule has 0 spiro atoms. The first-order valence-corrected chi connectivity index (χ1v) is 7.51. The Bertz CT molecular complexity index is 605. The number of hydrogen-bond acceptors (Lipinski definition) is 5. The Labute approximate surface area is 135 Å². The minimum atomic E-state index is -1.08. The summed E-state index contributed by atoms with van der Waals surface area (Å²) in [6.07, 6.45) is 0. The molecule has 1 saturated heterocycles. The minimum Gasteiger partial charge on any atom is -0.496 e. The van der Waals surface area contributed by atoms with E-state index in [1.165, 1.54) is 4.90 Å². The van der Waals surface area contributed by atoms with Crippen LogP contribution in [0, 0.1) is 6.92 Å². The molecule has 0 bridgehead atoms. The van der Waals surface area contributed by atoms with Gasteiger partial charge in [0.05, 0.1) is 26.9 Å². The standard InChI is InChI=1S/C16H23N3O4/c1-11-10-12(4-5-13(11)22-3)16(2)14(20)19(15(21)18-16)7-9-23-8-6-17/h4-5,10H,6-9,17H2,1-3H3,(H,18,21). The number of carbonyl (C=O) groups is 2. The van der Waals surface area contributed by atoms with E-state index in [0.29, 0.717) is 13.2 Å². The van der Waals surface area contributed by atoms with Crippen molar-refractivity contribution in [3.63, 3.8) is 0 Å². The van der Waals surface area contributed by atoms with Gasteiger partial charge in [-0.3, -0.25) is 9.69 Å². The lowest BCUT2D eigenvalue weighted by molar-refractivity contribution is -0.131. The summed E-state index contributed by atoms with van der Waals surface area (Å²) in [6.45, 7) is 4.88. The van der Waals surface area contributed by atoms with Crippen molar-refractivity contribution in [3.8, 4) is 5.75 Å². The summed E-state index contributed by atoms with van der Waals surface area (Å²) in [5.41, 5.74) is 5.88. The normalized spacial score (nSPS) is 20.8. The molecule has 3 N–H and O–H groups in total. The van der Waals surface area contributed by atoms with Crippen LogP contribution < -0.4 is 15.8 Å². The zero-order valence-electron chi connectivity index (χ0n) is 13.7. The molecule has 0 aromatic heterocycles. The number of hydrogen-bond donors (Lipinski definition) is 2. The fraction of sp³-hybridized carbons (Fsp3) is 0.500. The number of nitrogens with one attached hydrogen (secondary N) is 1. The second-order valence-electron chi connectivity index (χ2n) is 5.60. The molecule has 1 aromatic rings. The van der Waals surface area contributed by atoms with Gasteiger partial charge in [0, 0.05) is 6.54 Å². The molecule has 0 radical (unpaired) electrons. The monoisotopic (exact) mass is 321 g/mol. The maximum absolute atomic E-state index is 12.7. The maximum Gasteiger partial charge on any atom is 0.325 e. The summed E-state index contributed by atoms with van der Waals surface area (Å²) in [7, 11) is 1.59. The number of imide groups is 1. The molecule has 1 aliphatic rings. The van der Waals surface area contributed by atoms with Crippen LogP contribution in [0.15, 0.2) is 18.2 Å². The molecule has 7 nitrogen and oxygen atoms in total. The van der Waals surface area contributed by atoms with Gasteiger partial charge in [0.1, 0.15) is 11.3 Å². The third-order valence-corrected chi connectivity index (χ3v) is 3.97. The first kappa shape index (κ1) is 17.2. The number of urea groups is 1. The molecule has 126 valence electrons. The first-order chi connectivity index (χ1) is 10.9. The van der Waals surface area contributed by atoms with Crippen molar-refractivity contribution in [2.45, 2.75) is 19.4 Å². The van der Waals surface area contributed by atoms with Gasteiger partial charge < -0.3 is 20.5 Å². The van der Waals surface area contributed by atoms with E-state index in [1.54, 1.807) is 26.2 Å². The Kier molecular flexibility index (Phi) is 5.23. The molecule has 3 amide bonds. The average Bonchev–Trinajstić information content (AvgIpc) is 2.75. The van der Waals surface area contributed by atoms with E-state index in [9.17, 15) is 9.59 Å². The number of benzene rings is 1. The molecular formula is C16H23N3O4. The molecule has 1 fully saturated rings. The van der Waals surface area contributed by atoms with Gasteiger partial charge in [-0.2, -0.15) is 0 Å². The summed E-state index contributed by atoms with van der Waals surface area (Å²) in [4.78, 5) is 26.0. The number of rotatable bonds is 7. The number of carbonyl (C=O) groups excluding carboxylic acids is 2. The molecule has 2 rings (SSSR count). The summed E-state index contributed by atoms with van der Waals surface area (Å²) < 4.78 is 10.5. The topological polar surface area (TPSA) is 93.9 Å². The van der Waals surface area contributed by atoms with Crippen LogP contribution in [0.4, 0.5) is 4.79 Å². The highest BCUT2D eigenvalue weighted by Gasteiger charge is 2.48. The van der Waals surface area contributed by atoms with Crippen LogP contribution in [0.1, 0.15) is 18.1 Å². The highest BCUT2D eigenvalue weighted by Crippen LogP contribution is 2.31. The zero-order chi connectivity index (χ0) is 17.0. The van der Waals surface area contributed by atoms with Gasteiger partial charge in [0.2, 0.25) is 0 Å². The lowest BCUT2D eigenvalue weighted by Gasteiger charge is -2.23. The Morgan fingerprint density at radius 3 is 2.65 bits per heavy atom. The smallest absolute Gasteiger partial charge is 0.325 e. The molecule has 1 unspecified atom stereocenters. The fourth-order valence-electron chi connectivity index (χ4n) is 2.63.